The first kappa shape index (κ1) is 13.8. The first-order valence-electron chi connectivity index (χ1n) is 7.59. The van der Waals surface area contributed by atoms with E-state index in [1.165, 1.54) is 5.56 Å². The normalized spacial score (nSPS) is 16.7. The Hall–Kier alpha value is -2.89. The Morgan fingerprint density at radius 1 is 1.13 bits per heavy atom. The topological polar surface area (TPSA) is 60.6 Å². The summed E-state index contributed by atoms with van der Waals surface area (Å²) in [6, 6.07) is 10.2. The van der Waals surface area contributed by atoms with Gasteiger partial charge >= 0.3 is 0 Å². The highest BCUT2D eigenvalue weighted by Crippen LogP contribution is 2.34. The third kappa shape index (κ3) is 2.14. The largest absolute Gasteiger partial charge is 0.324 e. The minimum atomic E-state index is -0.0161. The summed E-state index contributed by atoms with van der Waals surface area (Å²) in [6.07, 6.45) is 3.77. The molecule has 4 rings (SSSR count). The summed E-state index contributed by atoms with van der Waals surface area (Å²) in [4.78, 5) is 4.35. The lowest BCUT2D eigenvalue weighted by molar-refractivity contribution is 0.605. The summed E-state index contributed by atoms with van der Waals surface area (Å²) < 4.78 is 3.82. The number of rotatable bonds is 2. The van der Waals surface area contributed by atoms with Crippen LogP contribution < -0.4 is 5.32 Å². The molecule has 2 aromatic heterocycles. The average Bonchev–Trinajstić information content (AvgIpc) is 3.13. The standard InChI is InChI=1S/C17H18N6/c1-11-16(12(2)22(3)21-11)15-9-14(13-7-5-4-6-8-13)20-17-18-10-19-23(15)17/h4-10,15H,1-3H3,(H,18,19,20). The number of hydrogen-bond acceptors (Lipinski definition) is 4. The fourth-order valence-electron chi connectivity index (χ4n) is 3.14. The lowest BCUT2D eigenvalue weighted by atomic mass is 10.0. The van der Waals surface area contributed by atoms with Crippen molar-refractivity contribution in [1.82, 2.24) is 24.5 Å². The molecular weight excluding hydrogens is 288 g/mol. The number of fused-ring (bicyclic) bond motifs is 1. The Balaban J connectivity index is 1.89. The molecule has 0 radical (unpaired) electrons. The van der Waals surface area contributed by atoms with Gasteiger partial charge in [-0.2, -0.15) is 15.2 Å². The minimum Gasteiger partial charge on any atom is -0.324 e. The van der Waals surface area contributed by atoms with Crippen molar-refractivity contribution in [3.05, 3.63) is 65.2 Å². The Kier molecular flexibility index (Phi) is 3.04. The van der Waals surface area contributed by atoms with Crippen molar-refractivity contribution in [1.29, 1.82) is 0 Å². The molecule has 1 unspecified atom stereocenters. The third-order valence-electron chi connectivity index (χ3n) is 4.35. The number of anilines is 1. The summed E-state index contributed by atoms with van der Waals surface area (Å²) in [6.45, 7) is 4.13. The van der Waals surface area contributed by atoms with Crippen LogP contribution >= 0.6 is 0 Å². The third-order valence-corrected chi connectivity index (χ3v) is 4.35. The molecule has 1 aliphatic rings. The average molecular weight is 306 g/mol. The molecule has 3 heterocycles. The molecule has 6 heteroatoms. The van der Waals surface area contributed by atoms with E-state index in [0.29, 0.717) is 0 Å². The van der Waals surface area contributed by atoms with Gasteiger partial charge in [0.15, 0.2) is 0 Å². The Morgan fingerprint density at radius 3 is 2.61 bits per heavy atom. The smallest absolute Gasteiger partial charge is 0.226 e. The van der Waals surface area contributed by atoms with Gasteiger partial charge in [-0.25, -0.2) is 4.68 Å². The molecule has 116 valence electrons. The zero-order chi connectivity index (χ0) is 16.0. The molecule has 6 nitrogen and oxygen atoms in total. The number of aryl methyl sites for hydroxylation is 2. The van der Waals surface area contributed by atoms with Gasteiger partial charge < -0.3 is 5.32 Å². The van der Waals surface area contributed by atoms with Crippen LogP contribution in [0.1, 0.15) is 28.6 Å². The maximum absolute atomic E-state index is 4.55. The summed E-state index contributed by atoms with van der Waals surface area (Å²) in [5.41, 5.74) is 5.50. The number of allylic oxidation sites excluding steroid dienone is 1. The highest BCUT2D eigenvalue weighted by molar-refractivity contribution is 5.77. The highest BCUT2D eigenvalue weighted by atomic mass is 15.4. The molecule has 0 saturated heterocycles. The van der Waals surface area contributed by atoms with Gasteiger partial charge in [-0.1, -0.05) is 30.3 Å². The van der Waals surface area contributed by atoms with E-state index in [4.69, 9.17) is 0 Å². The minimum absolute atomic E-state index is 0.0161. The second kappa shape index (κ2) is 5.08. The van der Waals surface area contributed by atoms with E-state index in [-0.39, 0.29) is 6.04 Å². The quantitative estimate of drug-likeness (QED) is 0.791. The maximum Gasteiger partial charge on any atom is 0.226 e. The van der Waals surface area contributed by atoms with Crippen molar-refractivity contribution >= 4 is 11.6 Å². The van der Waals surface area contributed by atoms with Crippen molar-refractivity contribution in [3.63, 3.8) is 0 Å². The molecule has 1 atom stereocenters. The molecule has 0 bridgehead atoms. The lowest BCUT2D eigenvalue weighted by Gasteiger charge is -2.24. The van der Waals surface area contributed by atoms with Crippen LogP contribution in [0.4, 0.5) is 5.95 Å². The fraction of sp³-hybridized carbons (Fsp3) is 0.235. The van der Waals surface area contributed by atoms with E-state index in [0.717, 1.165) is 28.6 Å². The van der Waals surface area contributed by atoms with Crippen LogP contribution in [-0.2, 0) is 7.05 Å². The molecule has 23 heavy (non-hydrogen) atoms. The van der Waals surface area contributed by atoms with Gasteiger partial charge in [-0.3, -0.25) is 4.68 Å². The number of nitrogens with zero attached hydrogens (tertiary/aromatic N) is 5. The lowest BCUT2D eigenvalue weighted by Crippen LogP contribution is -2.21. The van der Waals surface area contributed by atoms with Crippen LogP contribution in [0.5, 0.6) is 0 Å². The summed E-state index contributed by atoms with van der Waals surface area (Å²) >= 11 is 0. The number of aromatic nitrogens is 5. The molecule has 1 N–H and O–H groups in total. The van der Waals surface area contributed by atoms with Gasteiger partial charge in [0.2, 0.25) is 5.95 Å². The molecular formula is C17H18N6. The van der Waals surface area contributed by atoms with Gasteiger partial charge in [0.05, 0.1) is 5.69 Å². The number of benzene rings is 1. The van der Waals surface area contributed by atoms with Crippen molar-refractivity contribution in [2.75, 3.05) is 5.32 Å². The molecule has 0 amide bonds. The SMILES string of the molecule is Cc1nn(C)c(C)c1C1C=C(c2ccccc2)Nc2ncnn21. The summed E-state index contributed by atoms with van der Waals surface area (Å²) in [7, 11) is 1.97. The van der Waals surface area contributed by atoms with Crippen molar-refractivity contribution in [3.8, 4) is 0 Å². The van der Waals surface area contributed by atoms with E-state index < -0.39 is 0 Å². The van der Waals surface area contributed by atoms with Crippen LogP contribution in [0.15, 0.2) is 42.7 Å². The van der Waals surface area contributed by atoms with E-state index in [2.05, 4.69) is 45.6 Å². The fourth-order valence-corrected chi connectivity index (χ4v) is 3.14. The van der Waals surface area contributed by atoms with E-state index in [1.807, 2.05) is 41.5 Å². The second-order valence-corrected chi connectivity index (χ2v) is 5.75. The van der Waals surface area contributed by atoms with Crippen LogP contribution in [0.25, 0.3) is 5.70 Å². The number of hydrogen-bond donors (Lipinski definition) is 1. The summed E-state index contributed by atoms with van der Waals surface area (Å²) in [5.74, 6) is 0.749. The molecule has 1 aliphatic heterocycles. The van der Waals surface area contributed by atoms with E-state index >= 15 is 0 Å². The first-order chi connectivity index (χ1) is 11.1. The summed E-state index contributed by atoms with van der Waals surface area (Å²) in [5, 5.41) is 12.3. The first-order valence-corrected chi connectivity index (χ1v) is 7.59. The van der Waals surface area contributed by atoms with Crippen molar-refractivity contribution in [2.24, 2.45) is 7.05 Å². The van der Waals surface area contributed by atoms with Crippen LogP contribution in [0.2, 0.25) is 0 Å². The molecule has 0 fully saturated rings. The van der Waals surface area contributed by atoms with Crippen LogP contribution in [0, 0.1) is 13.8 Å². The monoisotopic (exact) mass is 306 g/mol. The molecule has 0 spiro atoms. The van der Waals surface area contributed by atoms with Gasteiger partial charge in [0, 0.05) is 24.0 Å². The number of nitrogens with one attached hydrogen (secondary N) is 1. The molecule has 0 saturated carbocycles. The van der Waals surface area contributed by atoms with Gasteiger partial charge in [0.1, 0.15) is 12.4 Å². The van der Waals surface area contributed by atoms with Crippen molar-refractivity contribution < 1.29 is 0 Å². The van der Waals surface area contributed by atoms with Crippen molar-refractivity contribution in [2.45, 2.75) is 19.9 Å². The Bertz CT molecular complexity index is 887. The predicted octanol–water partition coefficient (Wildman–Crippen LogP) is 2.68. The van der Waals surface area contributed by atoms with Gasteiger partial charge in [-0.15, -0.1) is 0 Å². The molecule has 1 aromatic carbocycles. The second-order valence-electron chi connectivity index (χ2n) is 5.75. The van der Waals surface area contributed by atoms with Crippen LogP contribution in [0.3, 0.4) is 0 Å². The molecule has 0 aliphatic carbocycles. The van der Waals surface area contributed by atoms with E-state index in [1.54, 1.807) is 6.33 Å². The van der Waals surface area contributed by atoms with E-state index in [9.17, 15) is 0 Å². The zero-order valence-electron chi connectivity index (χ0n) is 13.4. The Labute approximate surface area is 134 Å². The van der Waals surface area contributed by atoms with Crippen LogP contribution in [-0.4, -0.2) is 24.5 Å². The van der Waals surface area contributed by atoms with Gasteiger partial charge in [0.25, 0.3) is 0 Å². The predicted molar refractivity (Wildman–Crippen MR) is 88.9 cm³/mol. The maximum atomic E-state index is 4.55. The highest BCUT2D eigenvalue weighted by Gasteiger charge is 2.27. The van der Waals surface area contributed by atoms with Gasteiger partial charge in [-0.05, 0) is 25.5 Å². The zero-order valence-corrected chi connectivity index (χ0v) is 13.4. The molecule has 3 aromatic rings. The Morgan fingerprint density at radius 2 is 1.91 bits per heavy atom.